The van der Waals surface area contributed by atoms with Crippen molar-refractivity contribution in [3.63, 3.8) is 0 Å². The molecule has 0 radical (unpaired) electrons. The highest BCUT2D eigenvalue weighted by molar-refractivity contribution is 6.30. The fourth-order valence-electron chi connectivity index (χ4n) is 1.33. The average Bonchev–Trinajstić information content (AvgIpc) is 2.56. The number of hydrogen-bond donors (Lipinski definition) is 2. The highest BCUT2D eigenvalue weighted by atomic mass is 35.5. The summed E-state index contributed by atoms with van der Waals surface area (Å²) < 4.78 is 1.44. The van der Waals surface area contributed by atoms with Crippen molar-refractivity contribution < 1.29 is 9.90 Å². The molecule has 84 valence electrons. The van der Waals surface area contributed by atoms with Gasteiger partial charge in [0.05, 0.1) is 5.69 Å². The summed E-state index contributed by atoms with van der Waals surface area (Å²) in [5.74, 6) is -1.08. The van der Waals surface area contributed by atoms with E-state index in [2.05, 4.69) is 10.1 Å². The number of fused-ring (bicyclic) bond motifs is 1. The number of carboxylic acid groups (broad SMARTS) is 1. The molecule has 0 aliphatic rings. The van der Waals surface area contributed by atoms with E-state index in [0.29, 0.717) is 16.5 Å². The van der Waals surface area contributed by atoms with E-state index in [1.165, 1.54) is 4.52 Å². The predicted molar refractivity (Wildman–Crippen MR) is 57.3 cm³/mol. The molecule has 0 amide bonds. The maximum Gasteiger partial charge on any atom is 0.320 e. The Hall–Kier alpha value is -1.66. The normalized spacial score (nSPS) is 12.9. The van der Waals surface area contributed by atoms with E-state index in [4.69, 9.17) is 22.4 Å². The standard InChI is InChI=1S/C9H9ClN4O2/c10-8-6(4-5(11)9(15)16)13-7-2-1-3-12-14(7)8/h1-3,5H,4,11H2,(H,15,16). The minimum atomic E-state index is -1.08. The first kappa shape index (κ1) is 10.8. The maximum atomic E-state index is 10.6. The molecule has 7 heteroatoms. The molecule has 16 heavy (non-hydrogen) atoms. The van der Waals surface area contributed by atoms with Crippen LogP contribution in [0.2, 0.25) is 5.15 Å². The minimum Gasteiger partial charge on any atom is -0.480 e. The molecule has 0 saturated carbocycles. The van der Waals surface area contributed by atoms with E-state index in [0.717, 1.165) is 0 Å². The third kappa shape index (κ3) is 1.84. The Morgan fingerprint density at radius 1 is 1.69 bits per heavy atom. The second kappa shape index (κ2) is 4.07. The first-order valence-corrected chi connectivity index (χ1v) is 4.94. The Bertz CT molecular complexity index is 539. The summed E-state index contributed by atoms with van der Waals surface area (Å²) in [5, 5.41) is 13.0. The molecular formula is C9H9ClN4O2. The van der Waals surface area contributed by atoms with Crippen LogP contribution >= 0.6 is 11.6 Å². The van der Waals surface area contributed by atoms with Gasteiger partial charge in [-0.1, -0.05) is 11.6 Å². The van der Waals surface area contributed by atoms with Crippen LogP contribution in [0.5, 0.6) is 0 Å². The monoisotopic (exact) mass is 240 g/mol. The topological polar surface area (TPSA) is 93.5 Å². The van der Waals surface area contributed by atoms with Crippen LogP contribution in [0.3, 0.4) is 0 Å². The Morgan fingerprint density at radius 3 is 3.06 bits per heavy atom. The van der Waals surface area contributed by atoms with Gasteiger partial charge in [0, 0.05) is 12.6 Å². The Kier molecular flexibility index (Phi) is 2.76. The number of aliphatic carboxylic acids is 1. The SMILES string of the molecule is NC(Cc1nc2cccnn2c1Cl)C(=O)O. The third-order valence-electron chi connectivity index (χ3n) is 2.13. The van der Waals surface area contributed by atoms with E-state index in [1.54, 1.807) is 18.3 Å². The van der Waals surface area contributed by atoms with Crippen molar-refractivity contribution in [1.29, 1.82) is 0 Å². The molecule has 0 spiro atoms. The number of nitrogens with zero attached hydrogens (tertiary/aromatic N) is 3. The van der Waals surface area contributed by atoms with Crippen molar-refractivity contribution in [2.75, 3.05) is 0 Å². The number of carboxylic acids is 1. The van der Waals surface area contributed by atoms with Gasteiger partial charge in [0.15, 0.2) is 10.8 Å². The van der Waals surface area contributed by atoms with E-state index >= 15 is 0 Å². The third-order valence-corrected chi connectivity index (χ3v) is 2.51. The van der Waals surface area contributed by atoms with Crippen LogP contribution < -0.4 is 5.73 Å². The molecule has 1 atom stereocenters. The van der Waals surface area contributed by atoms with Gasteiger partial charge in [-0.15, -0.1) is 0 Å². The molecule has 6 nitrogen and oxygen atoms in total. The highest BCUT2D eigenvalue weighted by Gasteiger charge is 2.18. The summed E-state index contributed by atoms with van der Waals surface area (Å²) in [6.07, 6.45) is 1.65. The Labute approximate surface area is 95.7 Å². The molecule has 0 aromatic carbocycles. The zero-order valence-electron chi connectivity index (χ0n) is 8.17. The quantitative estimate of drug-likeness (QED) is 0.807. The van der Waals surface area contributed by atoms with Crippen LogP contribution in [0.25, 0.3) is 5.65 Å². The van der Waals surface area contributed by atoms with Crippen molar-refractivity contribution in [1.82, 2.24) is 14.6 Å². The lowest BCUT2D eigenvalue weighted by Gasteiger charge is -2.02. The van der Waals surface area contributed by atoms with Gasteiger partial charge in [-0.25, -0.2) is 9.50 Å². The number of aromatic nitrogens is 3. The van der Waals surface area contributed by atoms with E-state index < -0.39 is 12.0 Å². The van der Waals surface area contributed by atoms with Crippen LogP contribution in [-0.2, 0) is 11.2 Å². The molecule has 3 N–H and O–H groups in total. The van der Waals surface area contributed by atoms with Gasteiger partial charge in [-0.2, -0.15) is 5.10 Å². The summed E-state index contributed by atoms with van der Waals surface area (Å²) in [7, 11) is 0. The minimum absolute atomic E-state index is 0.0809. The molecule has 2 heterocycles. The molecular weight excluding hydrogens is 232 g/mol. The zero-order chi connectivity index (χ0) is 11.7. The smallest absolute Gasteiger partial charge is 0.320 e. The average molecular weight is 241 g/mol. The second-order valence-electron chi connectivity index (χ2n) is 3.29. The van der Waals surface area contributed by atoms with Crippen LogP contribution in [0.1, 0.15) is 5.69 Å². The second-order valence-corrected chi connectivity index (χ2v) is 3.65. The highest BCUT2D eigenvalue weighted by Crippen LogP contribution is 2.17. The van der Waals surface area contributed by atoms with Crippen molar-refractivity contribution in [2.45, 2.75) is 12.5 Å². The first-order chi connectivity index (χ1) is 7.59. The van der Waals surface area contributed by atoms with E-state index in [-0.39, 0.29) is 6.42 Å². The molecule has 1 unspecified atom stereocenters. The summed E-state index contributed by atoms with van der Waals surface area (Å²) in [6.45, 7) is 0. The molecule has 2 aromatic rings. The van der Waals surface area contributed by atoms with Gasteiger partial charge >= 0.3 is 5.97 Å². The van der Waals surface area contributed by atoms with Gasteiger partial charge in [0.25, 0.3) is 0 Å². The number of hydrogen-bond acceptors (Lipinski definition) is 4. The fraction of sp³-hybridized carbons (Fsp3) is 0.222. The molecule has 0 aliphatic carbocycles. The lowest BCUT2D eigenvalue weighted by atomic mass is 10.2. The maximum absolute atomic E-state index is 10.6. The molecule has 0 saturated heterocycles. The van der Waals surface area contributed by atoms with Gasteiger partial charge in [0.2, 0.25) is 0 Å². The lowest BCUT2D eigenvalue weighted by molar-refractivity contribution is -0.138. The summed E-state index contributed by atoms with van der Waals surface area (Å²) in [4.78, 5) is 14.8. The number of halogens is 1. The van der Waals surface area contributed by atoms with Gasteiger partial charge < -0.3 is 10.8 Å². The fourth-order valence-corrected chi connectivity index (χ4v) is 1.58. The molecule has 0 bridgehead atoms. The Balaban J connectivity index is 2.38. The molecule has 0 fully saturated rings. The van der Waals surface area contributed by atoms with Crippen molar-refractivity contribution >= 4 is 23.2 Å². The van der Waals surface area contributed by atoms with E-state index in [9.17, 15) is 4.79 Å². The summed E-state index contributed by atoms with van der Waals surface area (Å²) in [6, 6.07) is 2.44. The lowest BCUT2D eigenvalue weighted by Crippen LogP contribution is -2.32. The van der Waals surface area contributed by atoms with E-state index in [1.807, 2.05) is 0 Å². The molecule has 2 aromatic heterocycles. The van der Waals surface area contributed by atoms with Gasteiger partial charge in [-0.3, -0.25) is 4.79 Å². The van der Waals surface area contributed by atoms with Gasteiger partial charge in [-0.05, 0) is 12.1 Å². The number of carbonyl (C=O) groups is 1. The molecule has 0 aliphatic heterocycles. The van der Waals surface area contributed by atoms with Crippen molar-refractivity contribution in [3.8, 4) is 0 Å². The van der Waals surface area contributed by atoms with Crippen LogP contribution in [0.4, 0.5) is 0 Å². The van der Waals surface area contributed by atoms with Crippen LogP contribution in [0.15, 0.2) is 18.3 Å². The van der Waals surface area contributed by atoms with Crippen LogP contribution in [-0.4, -0.2) is 31.7 Å². The predicted octanol–water partition coefficient (Wildman–Crippen LogP) is 0.337. The first-order valence-electron chi connectivity index (χ1n) is 4.56. The largest absolute Gasteiger partial charge is 0.480 e. The Morgan fingerprint density at radius 2 is 2.44 bits per heavy atom. The number of imidazole rings is 1. The van der Waals surface area contributed by atoms with Crippen molar-refractivity contribution in [3.05, 3.63) is 29.2 Å². The van der Waals surface area contributed by atoms with Crippen molar-refractivity contribution in [2.24, 2.45) is 5.73 Å². The zero-order valence-corrected chi connectivity index (χ0v) is 8.92. The van der Waals surface area contributed by atoms with Gasteiger partial charge in [0.1, 0.15) is 6.04 Å². The number of nitrogens with two attached hydrogens (primary N) is 1. The molecule has 2 rings (SSSR count). The van der Waals surface area contributed by atoms with Crippen LogP contribution in [0, 0.1) is 0 Å². The summed E-state index contributed by atoms with van der Waals surface area (Å²) >= 11 is 6.00. The number of rotatable bonds is 3. The summed E-state index contributed by atoms with van der Waals surface area (Å²) in [5.41, 5.74) is 6.42.